The molecule has 0 spiro atoms. The normalized spacial score (nSPS) is 15.8. The highest BCUT2D eigenvalue weighted by atomic mass is 32.2. The molecule has 132 valence electrons. The lowest BCUT2D eigenvalue weighted by atomic mass is 9.78. The minimum absolute atomic E-state index is 0.0183. The first-order valence-corrected chi connectivity index (χ1v) is 9.97. The molecule has 4 heteroatoms. The van der Waals surface area contributed by atoms with E-state index in [-0.39, 0.29) is 11.3 Å². The largest absolute Gasteiger partial charge is 0.497 e. The van der Waals surface area contributed by atoms with Crippen molar-refractivity contribution in [3.63, 3.8) is 0 Å². The van der Waals surface area contributed by atoms with Crippen molar-refractivity contribution in [3.05, 3.63) is 59.7 Å². The monoisotopic (exact) mass is 355 g/mol. The van der Waals surface area contributed by atoms with Crippen molar-refractivity contribution in [1.29, 1.82) is 0 Å². The molecule has 0 unspecified atom stereocenters. The maximum atomic E-state index is 12.7. The fourth-order valence-electron chi connectivity index (χ4n) is 3.74. The molecule has 0 aliphatic heterocycles. The molecule has 1 aliphatic rings. The number of rotatable bonds is 6. The number of nitrogens with one attached hydrogen (secondary N) is 1. The summed E-state index contributed by atoms with van der Waals surface area (Å²) in [6.45, 7) is 0.681. The Bertz CT molecular complexity index is 721. The first kappa shape index (κ1) is 17.9. The van der Waals surface area contributed by atoms with Crippen molar-refractivity contribution >= 4 is 17.7 Å². The molecule has 1 N–H and O–H groups in total. The zero-order valence-electron chi connectivity index (χ0n) is 14.9. The second kappa shape index (κ2) is 7.96. The number of amides is 1. The van der Waals surface area contributed by atoms with E-state index in [1.54, 1.807) is 18.9 Å². The average molecular weight is 356 g/mol. The van der Waals surface area contributed by atoms with Crippen molar-refractivity contribution in [1.82, 2.24) is 5.32 Å². The van der Waals surface area contributed by atoms with Crippen LogP contribution in [0.5, 0.6) is 5.75 Å². The number of carbonyl (C=O) groups is 1. The van der Waals surface area contributed by atoms with Crippen LogP contribution in [0.2, 0.25) is 0 Å². The van der Waals surface area contributed by atoms with E-state index in [1.807, 2.05) is 42.7 Å². The highest BCUT2D eigenvalue weighted by Crippen LogP contribution is 2.41. The van der Waals surface area contributed by atoms with Gasteiger partial charge in [0.15, 0.2) is 0 Å². The summed E-state index contributed by atoms with van der Waals surface area (Å²) >= 11 is 1.61. The topological polar surface area (TPSA) is 38.3 Å². The van der Waals surface area contributed by atoms with E-state index in [2.05, 4.69) is 17.4 Å². The molecule has 25 heavy (non-hydrogen) atoms. The highest BCUT2D eigenvalue weighted by Gasteiger charge is 2.36. The number of methoxy groups -OCH3 is 1. The Labute approximate surface area is 154 Å². The summed E-state index contributed by atoms with van der Waals surface area (Å²) in [6.07, 6.45) is 6.65. The van der Waals surface area contributed by atoms with Gasteiger partial charge in [-0.05, 0) is 48.9 Å². The SMILES string of the molecule is COc1ccc(C2(CNC(=O)c3ccccc3SC)CCCC2)cc1. The van der Waals surface area contributed by atoms with Gasteiger partial charge in [0, 0.05) is 16.9 Å². The molecule has 2 aromatic carbocycles. The van der Waals surface area contributed by atoms with E-state index >= 15 is 0 Å². The third-order valence-electron chi connectivity index (χ3n) is 5.20. The van der Waals surface area contributed by atoms with E-state index in [4.69, 9.17) is 4.74 Å². The number of hydrogen-bond acceptors (Lipinski definition) is 3. The lowest BCUT2D eigenvalue weighted by Crippen LogP contribution is -2.39. The van der Waals surface area contributed by atoms with Crippen LogP contribution in [0.3, 0.4) is 0 Å². The van der Waals surface area contributed by atoms with Crippen molar-refractivity contribution < 1.29 is 9.53 Å². The van der Waals surface area contributed by atoms with Gasteiger partial charge in [0.25, 0.3) is 5.91 Å². The molecule has 0 saturated heterocycles. The van der Waals surface area contributed by atoms with Gasteiger partial charge in [-0.25, -0.2) is 0 Å². The standard InChI is InChI=1S/C21H25NO2S/c1-24-17-11-9-16(10-12-17)21(13-5-6-14-21)15-22-20(23)18-7-3-4-8-19(18)25-2/h3-4,7-12H,5-6,13-15H2,1-2H3,(H,22,23). The molecular weight excluding hydrogens is 330 g/mol. The molecule has 0 radical (unpaired) electrons. The fourth-order valence-corrected chi connectivity index (χ4v) is 4.34. The Morgan fingerprint density at radius 3 is 2.44 bits per heavy atom. The Morgan fingerprint density at radius 2 is 1.80 bits per heavy atom. The average Bonchev–Trinajstić information content (AvgIpc) is 3.16. The Hall–Kier alpha value is -1.94. The van der Waals surface area contributed by atoms with Gasteiger partial charge >= 0.3 is 0 Å². The molecule has 2 aromatic rings. The van der Waals surface area contributed by atoms with E-state index in [1.165, 1.54) is 18.4 Å². The summed E-state index contributed by atoms with van der Waals surface area (Å²) in [7, 11) is 1.68. The predicted octanol–water partition coefficient (Wildman–Crippen LogP) is 4.66. The van der Waals surface area contributed by atoms with Crippen LogP contribution in [0.25, 0.3) is 0 Å². The lowest BCUT2D eigenvalue weighted by Gasteiger charge is -2.30. The predicted molar refractivity (Wildman–Crippen MR) is 104 cm³/mol. The molecule has 3 nitrogen and oxygen atoms in total. The number of thioether (sulfide) groups is 1. The van der Waals surface area contributed by atoms with Gasteiger partial charge in [-0.3, -0.25) is 4.79 Å². The summed E-state index contributed by atoms with van der Waals surface area (Å²) in [6, 6.07) is 16.1. The van der Waals surface area contributed by atoms with Crippen molar-refractivity contribution in [3.8, 4) is 5.75 Å². The van der Waals surface area contributed by atoms with Gasteiger partial charge in [-0.1, -0.05) is 37.1 Å². The first-order chi connectivity index (χ1) is 12.2. The molecular formula is C21H25NO2S. The molecule has 0 heterocycles. The van der Waals surface area contributed by atoms with Crippen LogP contribution in [0, 0.1) is 0 Å². The maximum absolute atomic E-state index is 12.7. The molecule has 0 aromatic heterocycles. The Morgan fingerprint density at radius 1 is 1.12 bits per heavy atom. The number of ether oxygens (including phenoxy) is 1. The number of carbonyl (C=O) groups excluding carboxylic acids is 1. The first-order valence-electron chi connectivity index (χ1n) is 8.74. The van der Waals surface area contributed by atoms with Gasteiger partial charge in [0.1, 0.15) is 5.75 Å². The Balaban J connectivity index is 1.77. The molecule has 0 bridgehead atoms. The van der Waals surface area contributed by atoms with Crippen LogP contribution in [0.4, 0.5) is 0 Å². The van der Waals surface area contributed by atoms with Gasteiger partial charge in [-0.15, -0.1) is 11.8 Å². The van der Waals surface area contributed by atoms with Gasteiger partial charge in [-0.2, -0.15) is 0 Å². The summed E-state index contributed by atoms with van der Waals surface area (Å²) in [5, 5.41) is 3.20. The molecule has 1 fully saturated rings. The lowest BCUT2D eigenvalue weighted by molar-refractivity contribution is 0.0940. The zero-order chi connectivity index (χ0) is 17.7. The fraction of sp³-hybridized carbons (Fsp3) is 0.381. The van der Waals surface area contributed by atoms with E-state index < -0.39 is 0 Å². The van der Waals surface area contributed by atoms with E-state index in [0.29, 0.717) is 6.54 Å². The van der Waals surface area contributed by atoms with Crippen LogP contribution in [0.15, 0.2) is 53.4 Å². The quantitative estimate of drug-likeness (QED) is 0.766. The van der Waals surface area contributed by atoms with Gasteiger partial charge in [0.2, 0.25) is 0 Å². The molecule has 3 rings (SSSR count). The van der Waals surface area contributed by atoms with Gasteiger partial charge < -0.3 is 10.1 Å². The third kappa shape index (κ3) is 3.84. The van der Waals surface area contributed by atoms with Crippen LogP contribution < -0.4 is 10.1 Å². The van der Waals surface area contributed by atoms with Crippen LogP contribution in [-0.2, 0) is 5.41 Å². The molecule has 1 saturated carbocycles. The third-order valence-corrected chi connectivity index (χ3v) is 6.00. The highest BCUT2D eigenvalue weighted by molar-refractivity contribution is 7.98. The minimum Gasteiger partial charge on any atom is -0.497 e. The van der Waals surface area contributed by atoms with Crippen LogP contribution >= 0.6 is 11.8 Å². The molecule has 1 aliphatic carbocycles. The zero-order valence-corrected chi connectivity index (χ0v) is 15.7. The van der Waals surface area contributed by atoms with Crippen molar-refractivity contribution in [2.45, 2.75) is 36.0 Å². The molecule has 1 amide bonds. The molecule has 0 atom stereocenters. The van der Waals surface area contributed by atoms with Crippen molar-refractivity contribution in [2.24, 2.45) is 0 Å². The number of benzene rings is 2. The van der Waals surface area contributed by atoms with E-state index in [9.17, 15) is 4.79 Å². The second-order valence-corrected chi connectivity index (χ2v) is 7.45. The van der Waals surface area contributed by atoms with E-state index in [0.717, 1.165) is 29.1 Å². The second-order valence-electron chi connectivity index (χ2n) is 6.60. The maximum Gasteiger partial charge on any atom is 0.252 e. The summed E-state index contributed by atoms with van der Waals surface area (Å²) in [4.78, 5) is 13.7. The van der Waals surface area contributed by atoms with Crippen LogP contribution in [-0.4, -0.2) is 25.8 Å². The Kier molecular flexibility index (Phi) is 5.69. The summed E-state index contributed by atoms with van der Waals surface area (Å²) in [5.41, 5.74) is 2.10. The minimum atomic E-state index is 0.0183. The number of hydrogen-bond donors (Lipinski definition) is 1. The summed E-state index contributed by atoms with van der Waals surface area (Å²) < 4.78 is 5.27. The smallest absolute Gasteiger partial charge is 0.252 e. The van der Waals surface area contributed by atoms with Crippen molar-refractivity contribution in [2.75, 3.05) is 19.9 Å². The summed E-state index contributed by atoms with van der Waals surface area (Å²) in [5.74, 6) is 0.888. The van der Waals surface area contributed by atoms with Gasteiger partial charge in [0.05, 0.1) is 12.7 Å². The van der Waals surface area contributed by atoms with Crippen LogP contribution in [0.1, 0.15) is 41.6 Å².